The van der Waals surface area contributed by atoms with Crippen LogP contribution in [0, 0.1) is 5.92 Å². The number of hydrogen-bond donors (Lipinski definition) is 1. The Hall–Kier alpha value is -3.50. The smallest absolute Gasteiger partial charge is 0.239 e. The van der Waals surface area contributed by atoms with E-state index in [0.717, 1.165) is 59.0 Å². The molecule has 10 heteroatoms. The number of rotatable bonds is 8. The second-order valence-electron chi connectivity index (χ2n) is 10.4. The lowest BCUT2D eigenvalue weighted by Crippen LogP contribution is -2.38. The van der Waals surface area contributed by atoms with E-state index in [1.54, 1.807) is 17.9 Å². The van der Waals surface area contributed by atoms with E-state index in [0.29, 0.717) is 5.65 Å². The number of aromatic nitrogens is 3. The summed E-state index contributed by atoms with van der Waals surface area (Å²) in [5.74, 6) is 1.49. The number of benzene rings is 2. The van der Waals surface area contributed by atoms with E-state index in [1.165, 1.54) is 13.4 Å². The number of carbonyl (C=O) groups is 1. The number of fused-ring (bicyclic) bond motifs is 2. The Kier molecular flexibility index (Phi) is 7.59. The van der Waals surface area contributed by atoms with E-state index in [4.69, 9.17) is 4.74 Å². The van der Waals surface area contributed by atoms with Gasteiger partial charge in [-0.15, -0.1) is 0 Å². The zero-order valence-electron chi connectivity index (χ0n) is 22.8. The maximum absolute atomic E-state index is 13.6. The fourth-order valence-corrected chi connectivity index (χ4v) is 6.77. The van der Waals surface area contributed by atoms with Gasteiger partial charge < -0.3 is 9.64 Å². The first kappa shape index (κ1) is 27.1. The second kappa shape index (κ2) is 10.9. The number of nitrogens with zero attached hydrogens (tertiary/aromatic N) is 4. The van der Waals surface area contributed by atoms with Crippen molar-refractivity contribution in [3.63, 3.8) is 0 Å². The van der Waals surface area contributed by atoms with Gasteiger partial charge >= 0.3 is 0 Å². The quantitative estimate of drug-likeness (QED) is 0.343. The largest absolute Gasteiger partial charge is 0.497 e. The van der Waals surface area contributed by atoms with Gasteiger partial charge in [0.15, 0.2) is 5.65 Å². The summed E-state index contributed by atoms with van der Waals surface area (Å²) in [5, 5.41) is 2.93. The molecule has 0 aliphatic heterocycles. The minimum atomic E-state index is -3.21. The number of nitrogens with one attached hydrogen (secondary N) is 1. The van der Waals surface area contributed by atoms with E-state index < -0.39 is 10.0 Å². The molecule has 5 rings (SSSR count). The summed E-state index contributed by atoms with van der Waals surface area (Å²) >= 11 is 0. The SMILES string of the molecule is CNS(=O)(=O)C[C@H]1CC[C@H](N(C)c2ncnc3c2ccn3C(=O)C(C)c2ccc3cc(OC)ccc3c2)CC1. The molecule has 39 heavy (non-hydrogen) atoms. The van der Waals surface area contributed by atoms with Gasteiger partial charge in [-0.05, 0) is 80.1 Å². The maximum Gasteiger partial charge on any atom is 0.239 e. The molecule has 2 heterocycles. The van der Waals surface area contributed by atoms with Crippen molar-refractivity contribution < 1.29 is 17.9 Å². The third-order valence-electron chi connectivity index (χ3n) is 8.10. The van der Waals surface area contributed by atoms with Crippen LogP contribution in [0.15, 0.2) is 55.0 Å². The normalized spacial score (nSPS) is 18.8. The highest BCUT2D eigenvalue weighted by atomic mass is 32.2. The second-order valence-corrected chi connectivity index (χ2v) is 12.4. The Morgan fingerprint density at radius 3 is 2.54 bits per heavy atom. The molecule has 1 N–H and O–H groups in total. The summed E-state index contributed by atoms with van der Waals surface area (Å²) in [4.78, 5) is 24.8. The van der Waals surface area contributed by atoms with E-state index in [1.807, 2.05) is 50.4 Å². The molecule has 0 amide bonds. The number of sulfonamides is 1. The molecule has 9 nitrogen and oxygen atoms in total. The van der Waals surface area contributed by atoms with Gasteiger partial charge in [-0.3, -0.25) is 9.36 Å². The molecule has 2 aromatic heterocycles. The van der Waals surface area contributed by atoms with Crippen LogP contribution < -0.4 is 14.4 Å². The summed E-state index contributed by atoms with van der Waals surface area (Å²) in [7, 11) is 1.92. The van der Waals surface area contributed by atoms with E-state index in [-0.39, 0.29) is 29.5 Å². The molecule has 0 bridgehead atoms. The summed E-state index contributed by atoms with van der Waals surface area (Å²) in [6, 6.07) is 14.1. The lowest BCUT2D eigenvalue weighted by molar-refractivity contribution is 0.0889. The van der Waals surface area contributed by atoms with E-state index >= 15 is 0 Å². The lowest BCUT2D eigenvalue weighted by atomic mass is 9.86. The van der Waals surface area contributed by atoms with Crippen molar-refractivity contribution in [3.05, 3.63) is 60.6 Å². The summed E-state index contributed by atoms with van der Waals surface area (Å²) in [6.45, 7) is 1.92. The number of carbonyl (C=O) groups excluding carboxylic acids is 1. The predicted octanol–water partition coefficient (Wildman–Crippen LogP) is 4.58. The van der Waals surface area contributed by atoms with Crippen LogP contribution in [0.3, 0.4) is 0 Å². The molecule has 1 aliphatic carbocycles. The maximum atomic E-state index is 13.6. The van der Waals surface area contributed by atoms with Crippen LogP contribution in [0.25, 0.3) is 21.8 Å². The summed E-state index contributed by atoms with van der Waals surface area (Å²) in [5.41, 5.74) is 1.52. The molecular weight excluding hydrogens is 514 g/mol. The Morgan fingerprint density at radius 1 is 1.10 bits per heavy atom. The van der Waals surface area contributed by atoms with Crippen LogP contribution in [-0.2, 0) is 10.0 Å². The minimum absolute atomic E-state index is 0.0589. The fourth-order valence-electron chi connectivity index (χ4n) is 5.65. The first-order chi connectivity index (χ1) is 18.7. The molecular formula is C29H35N5O4S. The highest BCUT2D eigenvalue weighted by Gasteiger charge is 2.29. The Morgan fingerprint density at radius 2 is 1.82 bits per heavy atom. The molecule has 1 fully saturated rings. The van der Waals surface area contributed by atoms with Gasteiger partial charge in [0, 0.05) is 19.3 Å². The Balaban J connectivity index is 1.34. The minimum Gasteiger partial charge on any atom is -0.497 e. The number of methoxy groups -OCH3 is 1. The molecule has 1 saturated carbocycles. The van der Waals surface area contributed by atoms with Crippen LogP contribution >= 0.6 is 0 Å². The first-order valence-corrected chi connectivity index (χ1v) is 14.9. The predicted molar refractivity (Wildman–Crippen MR) is 154 cm³/mol. The average Bonchev–Trinajstić information content (AvgIpc) is 3.40. The van der Waals surface area contributed by atoms with Crippen molar-refractivity contribution in [2.24, 2.45) is 5.92 Å². The van der Waals surface area contributed by atoms with Crippen molar-refractivity contribution in [3.8, 4) is 5.75 Å². The van der Waals surface area contributed by atoms with Crippen molar-refractivity contribution in [1.29, 1.82) is 0 Å². The van der Waals surface area contributed by atoms with Crippen molar-refractivity contribution in [2.45, 2.75) is 44.6 Å². The van der Waals surface area contributed by atoms with Gasteiger partial charge in [-0.2, -0.15) is 0 Å². The third-order valence-corrected chi connectivity index (χ3v) is 9.64. The Labute approximate surface area is 229 Å². The summed E-state index contributed by atoms with van der Waals surface area (Å²) in [6.07, 6.45) is 6.75. The van der Waals surface area contributed by atoms with Crippen LogP contribution in [0.2, 0.25) is 0 Å². The van der Waals surface area contributed by atoms with Crippen LogP contribution in [0.1, 0.15) is 48.9 Å². The molecule has 206 valence electrons. The summed E-state index contributed by atoms with van der Waals surface area (Å²) < 4.78 is 33.3. The van der Waals surface area contributed by atoms with Crippen molar-refractivity contribution in [1.82, 2.24) is 19.3 Å². The van der Waals surface area contributed by atoms with Crippen molar-refractivity contribution >= 4 is 43.6 Å². The number of hydrogen-bond acceptors (Lipinski definition) is 7. The molecule has 1 aliphatic rings. The van der Waals surface area contributed by atoms with Crippen LogP contribution in [0.4, 0.5) is 5.82 Å². The molecule has 1 atom stereocenters. The zero-order valence-corrected chi connectivity index (χ0v) is 23.6. The Bertz CT molecular complexity index is 1610. The van der Waals surface area contributed by atoms with Crippen LogP contribution in [-0.4, -0.2) is 61.9 Å². The average molecular weight is 550 g/mol. The molecule has 2 aromatic carbocycles. The monoisotopic (exact) mass is 549 g/mol. The highest BCUT2D eigenvalue weighted by molar-refractivity contribution is 7.89. The first-order valence-electron chi connectivity index (χ1n) is 13.3. The van der Waals surface area contributed by atoms with Crippen molar-refractivity contribution in [2.75, 3.05) is 31.9 Å². The molecule has 0 radical (unpaired) electrons. The van der Waals surface area contributed by atoms with E-state index in [9.17, 15) is 13.2 Å². The number of ether oxygens (including phenoxy) is 1. The van der Waals surface area contributed by atoms with Gasteiger partial charge in [0.25, 0.3) is 0 Å². The van der Waals surface area contributed by atoms with Gasteiger partial charge in [0.05, 0.1) is 24.2 Å². The number of anilines is 1. The van der Waals surface area contributed by atoms with E-state index in [2.05, 4.69) is 25.7 Å². The lowest BCUT2D eigenvalue weighted by Gasteiger charge is -2.35. The molecule has 4 aromatic rings. The van der Waals surface area contributed by atoms with Gasteiger partial charge in [0.2, 0.25) is 15.9 Å². The fraction of sp³-hybridized carbons (Fsp3) is 0.414. The molecule has 1 unspecified atom stereocenters. The standard InChI is InChI=1S/C29H35N5O4S/c1-19(21-7-8-23-16-25(38-4)12-9-22(23)15-21)29(35)34-14-13-26-27(31-18-32-28(26)34)33(3)24-10-5-20(6-11-24)17-39(36,37)30-2/h7-9,12-16,18-20,24,30H,5-6,10-11,17H2,1-4H3/t19?,20-,24-. The van der Waals surface area contributed by atoms with Gasteiger partial charge in [0.1, 0.15) is 17.9 Å². The third kappa shape index (κ3) is 5.49. The zero-order chi connectivity index (χ0) is 27.7. The van der Waals surface area contributed by atoms with Crippen LogP contribution in [0.5, 0.6) is 5.75 Å². The molecule has 0 saturated heterocycles. The molecule has 0 spiro atoms. The van der Waals surface area contributed by atoms with Gasteiger partial charge in [-0.25, -0.2) is 23.1 Å². The van der Waals surface area contributed by atoms with Gasteiger partial charge in [-0.1, -0.05) is 24.3 Å². The topological polar surface area (TPSA) is 106 Å². The highest BCUT2D eigenvalue weighted by Crippen LogP contribution is 2.33.